The van der Waals surface area contributed by atoms with Crippen LogP contribution in [0, 0.1) is 0 Å². The number of thiocarbonyl (C=S) groups is 1. The minimum absolute atomic E-state index is 0.0758. The molecule has 2 aromatic rings. The van der Waals surface area contributed by atoms with Gasteiger partial charge in [0.2, 0.25) is 5.91 Å². The van der Waals surface area contributed by atoms with E-state index in [1.165, 1.54) is 11.8 Å². The molecular formula is C23H22Cl2N2O3S2. The molecule has 1 aliphatic heterocycles. The Morgan fingerprint density at radius 2 is 1.88 bits per heavy atom. The van der Waals surface area contributed by atoms with Crippen LogP contribution in [0.3, 0.4) is 0 Å². The van der Waals surface area contributed by atoms with Crippen molar-refractivity contribution in [3.63, 3.8) is 0 Å². The molecule has 0 spiro atoms. The summed E-state index contributed by atoms with van der Waals surface area (Å²) in [7, 11) is 1.61. The maximum atomic E-state index is 12.7. The van der Waals surface area contributed by atoms with Gasteiger partial charge in [-0.1, -0.05) is 65.7 Å². The predicted octanol–water partition coefficient (Wildman–Crippen LogP) is 6.40. The number of unbranched alkanes of at least 4 members (excludes halogenated alkanes) is 2. The molecule has 9 heteroatoms. The van der Waals surface area contributed by atoms with Crippen molar-refractivity contribution in [1.82, 2.24) is 4.90 Å². The van der Waals surface area contributed by atoms with Gasteiger partial charge in [-0.15, -0.1) is 0 Å². The molecule has 0 aliphatic carbocycles. The van der Waals surface area contributed by atoms with E-state index in [2.05, 4.69) is 5.32 Å². The number of anilines is 1. The molecule has 1 saturated heterocycles. The van der Waals surface area contributed by atoms with E-state index >= 15 is 0 Å². The van der Waals surface area contributed by atoms with Gasteiger partial charge in [-0.05, 0) is 54.8 Å². The number of ether oxygens (including phenoxy) is 1. The van der Waals surface area contributed by atoms with E-state index in [9.17, 15) is 9.59 Å². The van der Waals surface area contributed by atoms with Gasteiger partial charge in [0.15, 0.2) is 0 Å². The summed E-state index contributed by atoms with van der Waals surface area (Å²) in [5.74, 6) is 0.602. The lowest BCUT2D eigenvalue weighted by Gasteiger charge is -2.14. The second kappa shape index (κ2) is 11.7. The van der Waals surface area contributed by atoms with Crippen molar-refractivity contribution in [2.45, 2.75) is 25.7 Å². The third kappa shape index (κ3) is 6.72. The lowest BCUT2D eigenvalue weighted by molar-refractivity contribution is -0.122. The van der Waals surface area contributed by atoms with Gasteiger partial charge in [-0.2, -0.15) is 0 Å². The molecule has 0 radical (unpaired) electrons. The summed E-state index contributed by atoms with van der Waals surface area (Å²) in [6.07, 6.45) is 4.51. The van der Waals surface area contributed by atoms with Crippen LogP contribution in [-0.4, -0.2) is 34.7 Å². The Morgan fingerprint density at radius 3 is 2.56 bits per heavy atom. The first kappa shape index (κ1) is 24.6. The number of halogens is 2. The molecule has 2 amide bonds. The van der Waals surface area contributed by atoms with Crippen molar-refractivity contribution in [3.8, 4) is 5.75 Å². The van der Waals surface area contributed by atoms with E-state index in [0.29, 0.717) is 44.3 Å². The molecular weight excluding hydrogens is 487 g/mol. The average Bonchev–Trinajstić information content (AvgIpc) is 3.03. The number of hydrogen-bond donors (Lipinski definition) is 1. The highest BCUT2D eigenvalue weighted by atomic mass is 35.5. The smallest absolute Gasteiger partial charge is 0.266 e. The Balaban J connectivity index is 1.42. The maximum Gasteiger partial charge on any atom is 0.266 e. The van der Waals surface area contributed by atoms with Crippen LogP contribution in [0.5, 0.6) is 5.75 Å². The van der Waals surface area contributed by atoms with Gasteiger partial charge in [-0.25, -0.2) is 0 Å². The fourth-order valence-electron chi connectivity index (χ4n) is 3.07. The fraction of sp³-hybridized carbons (Fsp3) is 0.261. The molecule has 0 unspecified atom stereocenters. The Bertz CT molecular complexity index is 1040. The number of amides is 2. The number of nitrogens with one attached hydrogen (secondary N) is 1. The van der Waals surface area contributed by atoms with E-state index in [-0.39, 0.29) is 11.8 Å². The molecule has 32 heavy (non-hydrogen) atoms. The number of hydrogen-bond acceptors (Lipinski definition) is 5. The fourth-order valence-corrected chi connectivity index (χ4v) is 4.68. The van der Waals surface area contributed by atoms with Crippen LogP contribution < -0.4 is 10.1 Å². The van der Waals surface area contributed by atoms with Crippen LogP contribution in [-0.2, 0) is 9.59 Å². The molecule has 1 fully saturated rings. The first-order valence-corrected chi connectivity index (χ1v) is 12.0. The van der Waals surface area contributed by atoms with Gasteiger partial charge in [0, 0.05) is 18.7 Å². The summed E-state index contributed by atoms with van der Waals surface area (Å²) in [6, 6.07) is 12.5. The Morgan fingerprint density at radius 1 is 1.12 bits per heavy atom. The highest BCUT2D eigenvalue weighted by Gasteiger charge is 2.31. The maximum absolute atomic E-state index is 12.7. The lowest BCUT2D eigenvalue weighted by atomic mass is 10.1. The van der Waals surface area contributed by atoms with E-state index in [1.54, 1.807) is 30.2 Å². The van der Waals surface area contributed by atoms with Gasteiger partial charge >= 0.3 is 0 Å². The highest BCUT2D eigenvalue weighted by molar-refractivity contribution is 8.26. The summed E-state index contributed by atoms with van der Waals surface area (Å²) >= 11 is 18.5. The van der Waals surface area contributed by atoms with Gasteiger partial charge in [0.1, 0.15) is 10.1 Å². The molecule has 1 heterocycles. The van der Waals surface area contributed by atoms with Gasteiger partial charge in [-0.3, -0.25) is 14.5 Å². The van der Waals surface area contributed by atoms with E-state index < -0.39 is 0 Å². The molecule has 0 aromatic heterocycles. The minimum atomic E-state index is -0.0866. The number of methoxy groups -OCH3 is 1. The van der Waals surface area contributed by atoms with Crippen molar-refractivity contribution in [2.24, 2.45) is 0 Å². The van der Waals surface area contributed by atoms with Crippen LogP contribution in [0.25, 0.3) is 6.08 Å². The van der Waals surface area contributed by atoms with Crippen molar-refractivity contribution in [3.05, 3.63) is 63.0 Å². The predicted molar refractivity (Wildman–Crippen MR) is 136 cm³/mol. The second-order valence-corrected chi connectivity index (χ2v) is 9.58. The number of benzene rings is 2. The van der Waals surface area contributed by atoms with Crippen LogP contribution in [0.4, 0.5) is 5.69 Å². The standard InChI is InChI=1S/C23H22Cl2N2O3S2/c1-30-17-9-6-15(7-10-17)13-20-22(29)27(23(31)32-20)12-4-2-3-5-21(28)26-16-8-11-18(24)19(25)14-16/h6-11,13-14H,2-5,12H2,1H3,(H,26,28). The zero-order chi connectivity index (χ0) is 23.1. The van der Waals surface area contributed by atoms with Crippen LogP contribution in [0.2, 0.25) is 10.0 Å². The van der Waals surface area contributed by atoms with Crippen molar-refractivity contribution >= 4 is 75.1 Å². The zero-order valence-corrected chi connectivity index (χ0v) is 20.5. The summed E-state index contributed by atoms with van der Waals surface area (Å²) in [4.78, 5) is 27.1. The summed E-state index contributed by atoms with van der Waals surface area (Å²) in [5.41, 5.74) is 1.53. The third-order valence-corrected chi connectivity index (χ3v) is 6.89. The SMILES string of the molecule is COc1ccc(C=C2SC(=S)N(CCCCCC(=O)Nc3ccc(Cl)c(Cl)c3)C2=O)cc1. The minimum Gasteiger partial charge on any atom is -0.497 e. The molecule has 1 N–H and O–H groups in total. The number of thioether (sulfide) groups is 1. The number of rotatable bonds is 9. The number of carbonyl (C=O) groups excluding carboxylic acids is 2. The van der Waals surface area contributed by atoms with E-state index in [4.69, 9.17) is 40.2 Å². The largest absolute Gasteiger partial charge is 0.497 e. The molecule has 168 valence electrons. The Labute approximate surface area is 207 Å². The van der Waals surface area contributed by atoms with Gasteiger partial charge in [0.25, 0.3) is 5.91 Å². The van der Waals surface area contributed by atoms with Crippen molar-refractivity contribution in [1.29, 1.82) is 0 Å². The molecule has 1 aliphatic rings. The molecule has 2 aromatic carbocycles. The van der Waals surface area contributed by atoms with Crippen LogP contribution in [0.1, 0.15) is 31.2 Å². The third-order valence-electron chi connectivity index (χ3n) is 4.78. The molecule has 0 saturated carbocycles. The molecule has 0 atom stereocenters. The topological polar surface area (TPSA) is 58.6 Å². The lowest BCUT2D eigenvalue weighted by Crippen LogP contribution is -2.29. The monoisotopic (exact) mass is 508 g/mol. The molecule has 5 nitrogen and oxygen atoms in total. The van der Waals surface area contributed by atoms with Crippen molar-refractivity contribution < 1.29 is 14.3 Å². The van der Waals surface area contributed by atoms with Crippen LogP contribution >= 0.6 is 47.2 Å². The van der Waals surface area contributed by atoms with E-state index in [0.717, 1.165) is 24.2 Å². The van der Waals surface area contributed by atoms with Gasteiger partial charge in [0.05, 0.1) is 22.1 Å². The Hall–Kier alpha value is -2.06. The average molecular weight is 509 g/mol. The first-order valence-electron chi connectivity index (χ1n) is 10.0. The van der Waals surface area contributed by atoms with Crippen molar-refractivity contribution in [2.75, 3.05) is 19.0 Å². The summed E-state index contributed by atoms with van der Waals surface area (Å²) < 4.78 is 5.72. The quantitative estimate of drug-likeness (QED) is 0.241. The normalized spacial score (nSPS) is 14.8. The number of nitrogens with zero attached hydrogens (tertiary/aromatic N) is 1. The highest BCUT2D eigenvalue weighted by Crippen LogP contribution is 2.33. The van der Waals surface area contributed by atoms with Gasteiger partial charge < -0.3 is 10.1 Å². The van der Waals surface area contributed by atoms with Crippen LogP contribution in [0.15, 0.2) is 47.4 Å². The first-order chi connectivity index (χ1) is 15.4. The summed E-state index contributed by atoms with van der Waals surface area (Å²) in [5, 5.41) is 3.65. The second-order valence-electron chi connectivity index (χ2n) is 7.09. The number of carbonyl (C=O) groups is 2. The van der Waals surface area contributed by atoms with E-state index in [1.807, 2.05) is 30.3 Å². The molecule has 0 bridgehead atoms. The Kier molecular flexibility index (Phi) is 8.99. The summed E-state index contributed by atoms with van der Waals surface area (Å²) in [6.45, 7) is 0.541. The zero-order valence-electron chi connectivity index (χ0n) is 17.4. The molecule has 3 rings (SSSR count).